The van der Waals surface area contributed by atoms with Gasteiger partial charge in [-0.2, -0.15) is 0 Å². The first kappa shape index (κ1) is 20.7. The normalized spacial score (nSPS) is 14.2. The van der Waals surface area contributed by atoms with E-state index in [9.17, 15) is 0 Å². The molecule has 2 aromatic carbocycles. The molecule has 0 aliphatic carbocycles. The lowest BCUT2D eigenvalue weighted by Gasteiger charge is -2.33. The molecule has 2 unspecified atom stereocenters. The molecule has 26 heavy (non-hydrogen) atoms. The zero-order valence-electron chi connectivity index (χ0n) is 17.4. The van der Waals surface area contributed by atoms with Crippen LogP contribution in [0.15, 0.2) is 60.7 Å². The van der Waals surface area contributed by atoms with Crippen LogP contribution in [0.25, 0.3) is 0 Å². The fourth-order valence-electron chi connectivity index (χ4n) is 4.05. The zero-order valence-corrected chi connectivity index (χ0v) is 17.4. The summed E-state index contributed by atoms with van der Waals surface area (Å²) in [4.78, 5) is 0. The van der Waals surface area contributed by atoms with Crippen LogP contribution in [-0.2, 0) is 5.41 Å². The van der Waals surface area contributed by atoms with Crippen LogP contribution in [0, 0.1) is 11.8 Å². The molecule has 0 aromatic heterocycles. The monoisotopic (exact) mass is 350 g/mol. The van der Waals surface area contributed by atoms with Crippen LogP contribution in [0.3, 0.4) is 0 Å². The summed E-state index contributed by atoms with van der Waals surface area (Å²) in [5, 5.41) is 0. The Morgan fingerprint density at radius 1 is 0.692 bits per heavy atom. The van der Waals surface area contributed by atoms with Gasteiger partial charge in [-0.3, -0.25) is 0 Å². The summed E-state index contributed by atoms with van der Waals surface area (Å²) in [6.45, 7) is 9.64. The van der Waals surface area contributed by atoms with Crippen molar-refractivity contribution in [2.75, 3.05) is 0 Å². The lowest BCUT2D eigenvalue weighted by molar-refractivity contribution is 0.305. The van der Waals surface area contributed by atoms with Crippen molar-refractivity contribution < 1.29 is 0 Å². The van der Waals surface area contributed by atoms with E-state index in [4.69, 9.17) is 0 Å². The van der Waals surface area contributed by atoms with Gasteiger partial charge in [0.25, 0.3) is 0 Å². The minimum absolute atomic E-state index is 0.0959. The number of hydrogen-bond acceptors (Lipinski definition) is 0. The lowest BCUT2D eigenvalue weighted by Crippen LogP contribution is -2.25. The predicted octanol–water partition coefficient (Wildman–Crippen LogP) is 8.02. The maximum atomic E-state index is 2.46. The Hall–Kier alpha value is -1.56. The van der Waals surface area contributed by atoms with E-state index in [2.05, 4.69) is 88.4 Å². The van der Waals surface area contributed by atoms with Crippen LogP contribution in [0.5, 0.6) is 0 Å². The summed E-state index contributed by atoms with van der Waals surface area (Å²) < 4.78 is 0. The van der Waals surface area contributed by atoms with Crippen molar-refractivity contribution >= 4 is 0 Å². The molecule has 142 valence electrons. The number of unbranched alkanes of at least 4 members (excludes halogenated alkanes) is 3. The van der Waals surface area contributed by atoms with Gasteiger partial charge in [0.05, 0.1) is 0 Å². The zero-order chi connectivity index (χ0) is 18.8. The molecule has 2 aromatic rings. The molecular formula is C26H38. The molecule has 0 bridgehead atoms. The lowest BCUT2D eigenvalue weighted by atomic mass is 9.71. The van der Waals surface area contributed by atoms with E-state index in [1.165, 1.54) is 56.1 Å². The summed E-state index contributed by atoms with van der Waals surface area (Å²) >= 11 is 0. The molecule has 0 saturated heterocycles. The molecular weight excluding hydrogens is 312 g/mol. The molecule has 0 N–H and O–H groups in total. The Balaban J connectivity index is 2.04. The van der Waals surface area contributed by atoms with E-state index in [0.29, 0.717) is 0 Å². The Kier molecular flexibility index (Phi) is 8.42. The highest BCUT2D eigenvalue weighted by molar-refractivity contribution is 5.38. The highest BCUT2D eigenvalue weighted by atomic mass is 14.3. The van der Waals surface area contributed by atoms with Crippen LogP contribution in [0.4, 0.5) is 0 Å². The second-order valence-corrected chi connectivity index (χ2v) is 8.41. The third kappa shape index (κ3) is 5.73. The van der Waals surface area contributed by atoms with Gasteiger partial charge in [0.15, 0.2) is 0 Å². The predicted molar refractivity (Wildman–Crippen MR) is 116 cm³/mol. The topological polar surface area (TPSA) is 0 Å². The third-order valence-corrected chi connectivity index (χ3v) is 6.41. The minimum Gasteiger partial charge on any atom is -0.0654 e. The summed E-state index contributed by atoms with van der Waals surface area (Å²) in [5.41, 5.74) is 2.97. The first-order chi connectivity index (χ1) is 12.6. The molecule has 0 heteroatoms. The van der Waals surface area contributed by atoms with Crippen LogP contribution in [-0.4, -0.2) is 0 Å². The molecule has 2 rings (SSSR count). The second-order valence-electron chi connectivity index (χ2n) is 8.41. The Bertz CT molecular complexity index is 559. The largest absolute Gasteiger partial charge is 0.0654 e. The summed E-state index contributed by atoms with van der Waals surface area (Å²) in [5.74, 6) is 1.60. The van der Waals surface area contributed by atoms with E-state index < -0.39 is 0 Å². The fraction of sp³-hybridized carbons (Fsp3) is 0.538. The highest BCUT2D eigenvalue weighted by Gasteiger charge is 2.29. The van der Waals surface area contributed by atoms with E-state index in [1.54, 1.807) is 0 Å². The van der Waals surface area contributed by atoms with Crippen molar-refractivity contribution in [3.05, 3.63) is 71.8 Å². The summed E-state index contributed by atoms with van der Waals surface area (Å²) in [6, 6.07) is 22.1. The van der Waals surface area contributed by atoms with Crippen molar-refractivity contribution in [2.24, 2.45) is 11.8 Å². The second kappa shape index (κ2) is 10.6. The maximum absolute atomic E-state index is 2.46. The molecule has 0 radical (unpaired) electrons. The van der Waals surface area contributed by atoms with Gasteiger partial charge < -0.3 is 0 Å². The standard InChI is InChI=1S/C26H38/c1-5-6-7-10-15-22(2)23(3)20-21-26(4,24-16-11-8-12-17-24)25-18-13-9-14-19-25/h8-9,11-14,16-19,22-23H,5-7,10,15,20-21H2,1-4H3. The SMILES string of the molecule is CCCCCCC(C)C(C)CCC(C)(c1ccccc1)c1ccccc1. The summed E-state index contributed by atoms with van der Waals surface area (Å²) in [6.07, 6.45) is 9.40. The maximum Gasteiger partial charge on any atom is 0.0174 e. The molecule has 0 fully saturated rings. The molecule has 0 aliphatic heterocycles. The Morgan fingerprint density at radius 2 is 1.19 bits per heavy atom. The van der Waals surface area contributed by atoms with Gasteiger partial charge in [0, 0.05) is 5.41 Å². The third-order valence-electron chi connectivity index (χ3n) is 6.41. The van der Waals surface area contributed by atoms with Crippen molar-refractivity contribution in [1.82, 2.24) is 0 Å². The molecule has 0 aliphatic rings. The van der Waals surface area contributed by atoms with Gasteiger partial charge in [0.2, 0.25) is 0 Å². The van der Waals surface area contributed by atoms with Crippen molar-refractivity contribution in [1.29, 1.82) is 0 Å². The number of benzene rings is 2. The highest BCUT2D eigenvalue weighted by Crippen LogP contribution is 2.38. The van der Waals surface area contributed by atoms with Crippen LogP contribution < -0.4 is 0 Å². The summed E-state index contributed by atoms with van der Waals surface area (Å²) in [7, 11) is 0. The average molecular weight is 351 g/mol. The van der Waals surface area contributed by atoms with Gasteiger partial charge in [-0.15, -0.1) is 0 Å². The van der Waals surface area contributed by atoms with E-state index in [0.717, 1.165) is 11.8 Å². The van der Waals surface area contributed by atoms with Crippen LogP contribution >= 0.6 is 0 Å². The smallest absolute Gasteiger partial charge is 0.0174 e. The van der Waals surface area contributed by atoms with Gasteiger partial charge >= 0.3 is 0 Å². The van der Waals surface area contributed by atoms with Gasteiger partial charge in [0.1, 0.15) is 0 Å². The van der Waals surface area contributed by atoms with Crippen LogP contribution in [0.2, 0.25) is 0 Å². The Labute approximate surface area is 162 Å². The average Bonchev–Trinajstić information content (AvgIpc) is 2.70. The first-order valence-electron chi connectivity index (χ1n) is 10.7. The molecule has 0 nitrogen and oxygen atoms in total. The molecule has 0 spiro atoms. The minimum atomic E-state index is 0.0959. The van der Waals surface area contributed by atoms with E-state index in [-0.39, 0.29) is 5.41 Å². The number of hydrogen-bond donors (Lipinski definition) is 0. The van der Waals surface area contributed by atoms with Crippen molar-refractivity contribution in [3.8, 4) is 0 Å². The van der Waals surface area contributed by atoms with E-state index in [1.807, 2.05) is 0 Å². The van der Waals surface area contributed by atoms with Crippen molar-refractivity contribution in [2.45, 2.75) is 78.1 Å². The molecule has 2 atom stereocenters. The quantitative estimate of drug-likeness (QED) is 0.360. The van der Waals surface area contributed by atoms with Gasteiger partial charge in [-0.25, -0.2) is 0 Å². The van der Waals surface area contributed by atoms with Gasteiger partial charge in [-0.05, 0) is 35.8 Å². The first-order valence-corrected chi connectivity index (χ1v) is 10.7. The fourth-order valence-corrected chi connectivity index (χ4v) is 4.05. The van der Waals surface area contributed by atoms with Crippen molar-refractivity contribution in [3.63, 3.8) is 0 Å². The van der Waals surface area contributed by atoms with E-state index >= 15 is 0 Å². The molecule has 0 amide bonds. The Morgan fingerprint density at radius 3 is 1.69 bits per heavy atom. The van der Waals surface area contributed by atoms with Crippen LogP contribution in [0.1, 0.15) is 83.8 Å². The number of rotatable bonds is 11. The molecule has 0 heterocycles. The molecule has 0 saturated carbocycles. The van der Waals surface area contributed by atoms with Gasteiger partial charge in [-0.1, -0.05) is 120 Å².